The standard InChI is InChI=1S/C14H31N3O/c1-5-7-15-13(6-8-18)10-17-9-12(2)14(11-17)16(3)4/h12-15,18H,5-11H2,1-4H3. The minimum absolute atomic E-state index is 0.280. The summed E-state index contributed by atoms with van der Waals surface area (Å²) in [6.07, 6.45) is 2.01. The predicted molar refractivity (Wildman–Crippen MR) is 76.9 cm³/mol. The Morgan fingerprint density at radius 1 is 1.39 bits per heavy atom. The van der Waals surface area contributed by atoms with Gasteiger partial charge in [-0.05, 0) is 39.4 Å². The van der Waals surface area contributed by atoms with E-state index >= 15 is 0 Å². The summed E-state index contributed by atoms with van der Waals surface area (Å²) in [5, 5.41) is 12.7. The van der Waals surface area contributed by atoms with Gasteiger partial charge in [-0.1, -0.05) is 13.8 Å². The average molecular weight is 257 g/mol. The van der Waals surface area contributed by atoms with Gasteiger partial charge in [-0.2, -0.15) is 0 Å². The molecule has 3 unspecified atom stereocenters. The highest BCUT2D eigenvalue weighted by molar-refractivity contribution is 4.88. The smallest absolute Gasteiger partial charge is 0.0446 e. The fourth-order valence-corrected chi connectivity index (χ4v) is 2.94. The van der Waals surface area contributed by atoms with Gasteiger partial charge in [0, 0.05) is 38.3 Å². The highest BCUT2D eigenvalue weighted by Gasteiger charge is 2.31. The van der Waals surface area contributed by atoms with Gasteiger partial charge >= 0.3 is 0 Å². The lowest BCUT2D eigenvalue weighted by Crippen LogP contribution is -2.42. The van der Waals surface area contributed by atoms with E-state index in [0.29, 0.717) is 12.1 Å². The van der Waals surface area contributed by atoms with Crippen LogP contribution in [0.1, 0.15) is 26.7 Å². The van der Waals surface area contributed by atoms with Crippen molar-refractivity contribution in [2.45, 2.75) is 38.8 Å². The Labute approximate surface area is 112 Å². The Balaban J connectivity index is 2.40. The number of rotatable bonds is 8. The second-order valence-electron chi connectivity index (χ2n) is 5.89. The van der Waals surface area contributed by atoms with Gasteiger partial charge in [0.05, 0.1) is 0 Å². The van der Waals surface area contributed by atoms with E-state index in [1.54, 1.807) is 0 Å². The Morgan fingerprint density at radius 3 is 2.61 bits per heavy atom. The van der Waals surface area contributed by atoms with Crippen molar-refractivity contribution in [2.75, 3.05) is 46.9 Å². The number of aliphatic hydroxyl groups excluding tert-OH is 1. The van der Waals surface area contributed by atoms with Crippen LogP contribution in [0.5, 0.6) is 0 Å². The number of nitrogens with one attached hydrogen (secondary N) is 1. The van der Waals surface area contributed by atoms with Crippen LogP contribution < -0.4 is 5.32 Å². The summed E-state index contributed by atoms with van der Waals surface area (Å²) in [7, 11) is 4.34. The van der Waals surface area contributed by atoms with E-state index in [1.807, 2.05) is 0 Å². The highest BCUT2D eigenvalue weighted by atomic mass is 16.3. The minimum atomic E-state index is 0.280. The fraction of sp³-hybridized carbons (Fsp3) is 1.00. The van der Waals surface area contributed by atoms with E-state index in [9.17, 15) is 0 Å². The molecular weight excluding hydrogens is 226 g/mol. The van der Waals surface area contributed by atoms with Crippen molar-refractivity contribution in [1.82, 2.24) is 15.1 Å². The molecular formula is C14H31N3O. The number of likely N-dealkylation sites (N-methyl/N-ethyl adjacent to an activating group) is 1. The second-order valence-corrected chi connectivity index (χ2v) is 5.89. The van der Waals surface area contributed by atoms with Crippen LogP contribution in [0.15, 0.2) is 0 Å². The van der Waals surface area contributed by atoms with Gasteiger partial charge in [0.25, 0.3) is 0 Å². The first-order valence-corrected chi connectivity index (χ1v) is 7.31. The van der Waals surface area contributed by atoms with Gasteiger partial charge in [0.2, 0.25) is 0 Å². The quantitative estimate of drug-likeness (QED) is 0.669. The first-order valence-electron chi connectivity index (χ1n) is 7.31. The zero-order valence-corrected chi connectivity index (χ0v) is 12.5. The van der Waals surface area contributed by atoms with Gasteiger partial charge in [0.15, 0.2) is 0 Å². The molecule has 0 spiro atoms. The van der Waals surface area contributed by atoms with Crippen LogP contribution in [0, 0.1) is 5.92 Å². The molecule has 0 bridgehead atoms. The molecule has 0 aromatic rings. The van der Waals surface area contributed by atoms with Crippen LogP contribution in [0.25, 0.3) is 0 Å². The summed E-state index contributed by atoms with van der Waals surface area (Å²) in [4.78, 5) is 4.88. The Hall–Kier alpha value is -0.160. The maximum absolute atomic E-state index is 9.14. The van der Waals surface area contributed by atoms with E-state index in [1.165, 1.54) is 6.54 Å². The van der Waals surface area contributed by atoms with Crippen LogP contribution in [0.4, 0.5) is 0 Å². The van der Waals surface area contributed by atoms with Crippen LogP contribution in [-0.4, -0.2) is 73.9 Å². The Morgan fingerprint density at radius 2 is 2.11 bits per heavy atom. The number of aliphatic hydroxyl groups is 1. The third kappa shape index (κ3) is 4.84. The lowest BCUT2D eigenvalue weighted by molar-refractivity contribution is 0.217. The molecule has 1 rings (SSSR count). The van der Waals surface area contributed by atoms with E-state index in [2.05, 4.69) is 43.1 Å². The lowest BCUT2D eigenvalue weighted by atomic mass is 10.1. The summed E-state index contributed by atoms with van der Waals surface area (Å²) in [5.41, 5.74) is 0. The predicted octanol–water partition coefficient (Wildman–Crippen LogP) is 0.619. The largest absolute Gasteiger partial charge is 0.396 e. The molecule has 4 heteroatoms. The molecule has 1 aliphatic rings. The molecule has 0 amide bonds. The van der Waals surface area contributed by atoms with Crippen LogP contribution in [0.3, 0.4) is 0 Å². The number of hydrogen-bond donors (Lipinski definition) is 2. The third-order valence-corrected chi connectivity index (χ3v) is 3.95. The van der Waals surface area contributed by atoms with Crippen LogP contribution in [-0.2, 0) is 0 Å². The monoisotopic (exact) mass is 257 g/mol. The van der Waals surface area contributed by atoms with E-state index in [-0.39, 0.29) is 6.61 Å². The average Bonchev–Trinajstić information content (AvgIpc) is 2.67. The minimum Gasteiger partial charge on any atom is -0.396 e. The number of hydrogen-bond acceptors (Lipinski definition) is 4. The first-order chi connectivity index (χ1) is 8.58. The molecule has 1 aliphatic heterocycles. The molecule has 0 aromatic heterocycles. The van der Waals surface area contributed by atoms with Crippen LogP contribution in [0.2, 0.25) is 0 Å². The van der Waals surface area contributed by atoms with Crippen molar-refractivity contribution in [1.29, 1.82) is 0 Å². The summed E-state index contributed by atoms with van der Waals surface area (Å²) in [5.74, 6) is 0.737. The molecule has 0 radical (unpaired) electrons. The van der Waals surface area contributed by atoms with E-state index in [4.69, 9.17) is 5.11 Å². The SMILES string of the molecule is CCCNC(CCO)CN1CC(C)C(N(C)C)C1. The lowest BCUT2D eigenvalue weighted by Gasteiger charge is -2.25. The molecule has 3 atom stereocenters. The molecule has 1 heterocycles. The molecule has 4 nitrogen and oxygen atoms in total. The molecule has 1 saturated heterocycles. The molecule has 0 aliphatic carbocycles. The molecule has 0 saturated carbocycles. The van der Waals surface area contributed by atoms with Crippen molar-refractivity contribution in [3.8, 4) is 0 Å². The molecule has 18 heavy (non-hydrogen) atoms. The summed E-state index contributed by atoms with van der Waals surface area (Å²) < 4.78 is 0. The van der Waals surface area contributed by atoms with Gasteiger partial charge in [-0.3, -0.25) is 4.90 Å². The van der Waals surface area contributed by atoms with Gasteiger partial charge < -0.3 is 15.3 Å². The van der Waals surface area contributed by atoms with E-state index in [0.717, 1.165) is 38.4 Å². The molecule has 2 N–H and O–H groups in total. The maximum Gasteiger partial charge on any atom is 0.0446 e. The van der Waals surface area contributed by atoms with Gasteiger partial charge in [-0.25, -0.2) is 0 Å². The summed E-state index contributed by atoms with van der Waals surface area (Å²) >= 11 is 0. The molecule has 108 valence electrons. The van der Waals surface area contributed by atoms with Gasteiger partial charge in [0.1, 0.15) is 0 Å². The van der Waals surface area contributed by atoms with Crippen molar-refractivity contribution in [3.63, 3.8) is 0 Å². The first kappa shape index (κ1) is 15.9. The number of likely N-dealkylation sites (tertiary alicyclic amines) is 1. The summed E-state index contributed by atoms with van der Waals surface area (Å²) in [6.45, 7) is 9.25. The van der Waals surface area contributed by atoms with E-state index < -0.39 is 0 Å². The highest BCUT2D eigenvalue weighted by Crippen LogP contribution is 2.20. The normalized spacial score (nSPS) is 27.0. The topological polar surface area (TPSA) is 38.7 Å². The maximum atomic E-state index is 9.14. The van der Waals surface area contributed by atoms with Crippen LogP contribution >= 0.6 is 0 Å². The zero-order valence-electron chi connectivity index (χ0n) is 12.5. The Kier molecular flexibility index (Phi) is 7.15. The molecule has 0 aromatic carbocycles. The third-order valence-electron chi connectivity index (χ3n) is 3.95. The van der Waals surface area contributed by atoms with Crippen molar-refractivity contribution >= 4 is 0 Å². The Bertz CT molecular complexity index is 223. The zero-order chi connectivity index (χ0) is 13.5. The number of nitrogens with zero attached hydrogens (tertiary/aromatic N) is 2. The fourth-order valence-electron chi connectivity index (χ4n) is 2.94. The van der Waals surface area contributed by atoms with Gasteiger partial charge in [-0.15, -0.1) is 0 Å². The molecule has 1 fully saturated rings. The van der Waals surface area contributed by atoms with Crippen molar-refractivity contribution < 1.29 is 5.11 Å². The summed E-state index contributed by atoms with van der Waals surface area (Å²) in [6, 6.07) is 1.11. The second kappa shape index (κ2) is 8.10. The van der Waals surface area contributed by atoms with Crippen molar-refractivity contribution in [3.05, 3.63) is 0 Å². The van der Waals surface area contributed by atoms with Crippen molar-refractivity contribution in [2.24, 2.45) is 5.92 Å².